The summed E-state index contributed by atoms with van der Waals surface area (Å²) in [6.07, 6.45) is 2.22. The van der Waals surface area contributed by atoms with Crippen molar-refractivity contribution < 1.29 is 9.72 Å². The number of halogens is 1. The Balaban J connectivity index is 1.96. The van der Waals surface area contributed by atoms with E-state index in [0.29, 0.717) is 22.1 Å². The number of amides is 1. The summed E-state index contributed by atoms with van der Waals surface area (Å²) < 4.78 is 2.45. The van der Waals surface area contributed by atoms with Gasteiger partial charge in [-0.1, -0.05) is 0 Å². The molecule has 0 saturated heterocycles. The number of aryl methyl sites for hydroxylation is 1. The molecular formula is C13H14IN5O3. The molecule has 9 heteroatoms. The molecule has 0 radical (unpaired) electrons. The first kappa shape index (κ1) is 16.3. The molecule has 1 amide bonds. The Morgan fingerprint density at radius 1 is 1.50 bits per heavy atom. The summed E-state index contributed by atoms with van der Waals surface area (Å²) >= 11 is 1.92. The van der Waals surface area contributed by atoms with Crippen molar-refractivity contribution in [1.82, 2.24) is 20.1 Å². The molecule has 1 N–H and O–H groups in total. The Bertz CT molecular complexity index is 701. The van der Waals surface area contributed by atoms with Crippen molar-refractivity contribution in [3.05, 3.63) is 49.6 Å². The van der Waals surface area contributed by atoms with Crippen LogP contribution in [0.1, 0.15) is 23.1 Å². The van der Waals surface area contributed by atoms with Gasteiger partial charge in [0.2, 0.25) is 0 Å². The molecule has 0 spiro atoms. The third-order valence-corrected chi connectivity index (χ3v) is 3.97. The van der Waals surface area contributed by atoms with Crippen LogP contribution >= 0.6 is 22.6 Å². The number of carbonyl (C=O) groups excluding carboxylic acids is 1. The van der Waals surface area contributed by atoms with Crippen LogP contribution in [0.3, 0.4) is 0 Å². The number of nitro benzene ring substituents is 1. The first-order valence-corrected chi connectivity index (χ1v) is 7.69. The summed E-state index contributed by atoms with van der Waals surface area (Å²) in [6, 6.07) is 4.16. The largest absolute Gasteiger partial charge is 0.352 e. The van der Waals surface area contributed by atoms with Gasteiger partial charge >= 0.3 is 0 Å². The van der Waals surface area contributed by atoms with E-state index in [0.717, 1.165) is 12.4 Å². The second kappa shape index (κ2) is 7.29. The van der Waals surface area contributed by atoms with Gasteiger partial charge < -0.3 is 9.88 Å². The number of nitro groups is 1. The van der Waals surface area contributed by atoms with Crippen LogP contribution in [-0.4, -0.2) is 32.1 Å². The van der Waals surface area contributed by atoms with Crippen LogP contribution in [0.4, 0.5) is 5.69 Å². The summed E-state index contributed by atoms with van der Waals surface area (Å²) in [5.41, 5.74) is 0.389. The fraction of sp³-hybridized carbons (Fsp3) is 0.308. The topological polar surface area (TPSA) is 103 Å². The number of benzene rings is 1. The summed E-state index contributed by atoms with van der Waals surface area (Å²) in [5, 5.41) is 21.3. The van der Waals surface area contributed by atoms with E-state index in [9.17, 15) is 14.9 Å². The number of hydrogen-bond acceptors (Lipinski definition) is 5. The van der Waals surface area contributed by atoms with Crippen LogP contribution in [0.5, 0.6) is 0 Å². The van der Waals surface area contributed by atoms with Crippen molar-refractivity contribution in [2.75, 3.05) is 6.54 Å². The minimum atomic E-state index is -0.485. The fourth-order valence-corrected chi connectivity index (χ4v) is 2.67. The minimum absolute atomic E-state index is 0.0306. The highest BCUT2D eigenvalue weighted by Crippen LogP contribution is 2.19. The van der Waals surface area contributed by atoms with Gasteiger partial charge in [0.15, 0.2) is 0 Å². The van der Waals surface area contributed by atoms with Crippen LogP contribution in [-0.2, 0) is 13.0 Å². The lowest BCUT2D eigenvalue weighted by molar-refractivity contribution is -0.384. The lowest BCUT2D eigenvalue weighted by atomic mass is 10.2. The summed E-state index contributed by atoms with van der Waals surface area (Å²) in [5.74, 6) is 0.544. The van der Waals surface area contributed by atoms with E-state index >= 15 is 0 Å². The molecule has 0 aliphatic carbocycles. The monoisotopic (exact) mass is 415 g/mol. The van der Waals surface area contributed by atoms with Gasteiger partial charge in [-0.25, -0.2) is 0 Å². The highest BCUT2D eigenvalue weighted by atomic mass is 127. The number of rotatable bonds is 6. The molecule has 116 valence electrons. The summed E-state index contributed by atoms with van der Waals surface area (Å²) in [4.78, 5) is 22.3. The predicted octanol–water partition coefficient (Wildman–Crippen LogP) is 1.78. The highest BCUT2D eigenvalue weighted by molar-refractivity contribution is 14.1. The zero-order chi connectivity index (χ0) is 16.1. The third-order valence-electron chi connectivity index (χ3n) is 3.08. The predicted molar refractivity (Wildman–Crippen MR) is 87.5 cm³/mol. The van der Waals surface area contributed by atoms with E-state index in [-0.39, 0.29) is 11.6 Å². The Labute approximate surface area is 140 Å². The second-order valence-electron chi connectivity index (χ2n) is 4.46. The third kappa shape index (κ3) is 3.78. The molecule has 0 bridgehead atoms. The molecule has 0 saturated carbocycles. The summed E-state index contributed by atoms with van der Waals surface area (Å²) in [6.45, 7) is 3.19. The number of nitrogens with zero attached hydrogens (tertiary/aromatic N) is 4. The van der Waals surface area contributed by atoms with Crippen LogP contribution in [0, 0.1) is 13.7 Å². The first-order chi connectivity index (χ1) is 10.5. The molecule has 1 aromatic carbocycles. The van der Waals surface area contributed by atoms with Gasteiger partial charge in [-0.3, -0.25) is 14.9 Å². The van der Waals surface area contributed by atoms with Crippen molar-refractivity contribution in [3.63, 3.8) is 0 Å². The van der Waals surface area contributed by atoms with Gasteiger partial charge in [-0.05, 0) is 35.6 Å². The lowest BCUT2D eigenvalue weighted by Crippen LogP contribution is -2.27. The molecule has 0 unspecified atom stereocenters. The zero-order valence-electron chi connectivity index (χ0n) is 11.8. The minimum Gasteiger partial charge on any atom is -0.352 e. The Kier molecular flexibility index (Phi) is 5.41. The molecule has 1 aromatic heterocycles. The molecular weight excluding hydrogens is 401 g/mol. The van der Waals surface area contributed by atoms with Gasteiger partial charge in [-0.2, -0.15) is 0 Å². The molecule has 2 rings (SSSR count). The van der Waals surface area contributed by atoms with E-state index in [4.69, 9.17) is 0 Å². The van der Waals surface area contributed by atoms with Crippen molar-refractivity contribution in [1.29, 1.82) is 0 Å². The van der Waals surface area contributed by atoms with Gasteiger partial charge in [0.1, 0.15) is 12.2 Å². The van der Waals surface area contributed by atoms with Gasteiger partial charge in [0.25, 0.3) is 11.6 Å². The van der Waals surface area contributed by atoms with E-state index in [1.807, 2.05) is 34.1 Å². The number of nitrogens with one attached hydrogen (secondary N) is 1. The first-order valence-electron chi connectivity index (χ1n) is 6.61. The number of aromatic nitrogens is 3. The quantitative estimate of drug-likeness (QED) is 0.440. The molecule has 0 aliphatic heterocycles. The van der Waals surface area contributed by atoms with Gasteiger partial charge in [0.05, 0.1) is 10.5 Å². The van der Waals surface area contributed by atoms with E-state index in [1.54, 1.807) is 6.33 Å². The van der Waals surface area contributed by atoms with Crippen molar-refractivity contribution >= 4 is 34.2 Å². The lowest BCUT2D eigenvalue weighted by Gasteiger charge is -2.07. The molecule has 22 heavy (non-hydrogen) atoms. The highest BCUT2D eigenvalue weighted by Gasteiger charge is 2.14. The molecule has 1 heterocycles. The van der Waals surface area contributed by atoms with Crippen molar-refractivity contribution in [2.45, 2.75) is 19.9 Å². The Hall–Kier alpha value is -2.04. The Morgan fingerprint density at radius 2 is 2.27 bits per heavy atom. The van der Waals surface area contributed by atoms with E-state index < -0.39 is 4.92 Å². The van der Waals surface area contributed by atoms with Crippen LogP contribution in [0.25, 0.3) is 0 Å². The van der Waals surface area contributed by atoms with Gasteiger partial charge in [0, 0.05) is 35.2 Å². The number of non-ortho nitro benzene ring substituents is 1. The van der Waals surface area contributed by atoms with Crippen LogP contribution in [0.2, 0.25) is 0 Å². The summed E-state index contributed by atoms with van der Waals surface area (Å²) in [7, 11) is 0. The normalized spacial score (nSPS) is 10.5. The molecule has 8 nitrogen and oxygen atoms in total. The van der Waals surface area contributed by atoms with E-state index in [1.165, 1.54) is 18.2 Å². The van der Waals surface area contributed by atoms with Crippen molar-refractivity contribution in [2.24, 2.45) is 0 Å². The molecule has 0 aliphatic rings. The maximum atomic E-state index is 12.1. The number of carbonyl (C=O) groups is 1. The molecule has 0 fully saturated rings. The number of hydrogen-bond donors (Lipinski definition) is 1. The fourth-order valence-electron chi connectivity index (χ4n) is 1.92. The zero-order valence-corrected chi connectivity index (χ0v) is 14.0. The van der Waals surface area contributed by atoms with Crippen LogP contribution in [0.15, 0.2) is 24.5 Å². The van der Waals surface area contributed by atoms with E-state index in [2.05, 4.69) is 15.5 Å². The standard InChI is InChI=1S/C13H14IN5O3/c1-2-18-8-16-17-12(18)5-6-15-13(20)10-4-3-9(19(21)22)7-11(10)14/h3-4,7-8H,2,5-6H2,1H3,(H,15,20). The second-order valence-corrected chi connectivity index (χ2v) is 5.62. The molecule has 2 aromatic rings. The maximum absolute atomic E-state index is 12.1. The smallest absolute Gasteiger partial charge is 0.270 e. The van der Waals surface area contributed by atoms with Crippen molar-refractivity contribution in [3.8, 4) is 0 Å². The average molecular weight is 415 g/mol. The molecule has 0 atom stereocenters. The van der Waals surface area contributed by atoms with Crippen LogP contribution < -0.4 is 5.32 Å². The SMILES string of the molecule is CCn1cnnc1CCNC(=O)c1ccc([N+](=O)[O-])cc1I. The Morgan fingerprint density at radius 3 is 2.91 bits per heavy atom. The maximum Gasteiger partial charge on any atom is 0.270 e. The van der Waals surface area contributed by atoms with Gasteiger partial charge in [-0.15, -0.1) is 10.2 Å². The average Bonchev–Trinajstić information content (AvgIpc) is 2.94.